The van der Waals surface area contributed by atoms with Gasteiger partial charge in [-0.1, -0.05) is 36.4 Å². The van der Waals surface area contributed by atoms with Gasteiger partial charge in [0.1, 0.15) is 0 Å². The lowest BCUT2D eigenvalue weighted by Gasteiger charge is -2.11. The Kier molecular flexibility index (Phi) is 5.48. The van der Waals surface area contributed by atoms with E-state index in [4.69, 9.17) is 0 Å². The topological polar surface area (TPSA) is 82.0 Å². The van der Waals surface area contributed by atoms with E-state index in [1.54, 1.807) is 31.3 Å². The predicted octanol–water partition coefficient (Wildman–Crippen LogP) is 2.09. The largest absolute Gasteiger partial charge is 0.359 e. The van der Waals surface area contributed by atoms with Crippen molar-refractivity contribution in [2.24, 2.45) is 0 Å². The predicted molar refractivity (Wildman–Crippen MR) is 87.6 cm³/mol. The van der Waals surface area contributed by atoms with Gasteiger partial charge in [0.25, 0.3) is 5.91 Å². The zero-order chi connectivity index (χ0) is 16.7. The molecule has 0 atom stereocenters. The van der Waals surface area contributed by atoms with Crippen LogP contribution in [0.3, 0.4) is 0 Å². The standard InChI is InChI=1S/C18H17N3O2/c1-20-17(22)10-11-21-18(23)16-9-5-4-8-15(16)14-7-3-2-6-13(14)12-19/h2-9H,10-11H2,1H3,(H,20,22)(H,21,23). The molecule has 0 aromatic heterocycles. The Morgan fingerprint density at radius 2 is 1.70 bits per heavy atom. The second-order valence-corrected chi connectivity index (χ2v) is 4.88. The number of benzene rings is 2. The molecular formula is C18H17N3O2. The molecular weight excluding hydrogens is 290 g/mol. The molecule has 0 spiro atoms. The Balaban J connectivity index is 2.26. The summed E-state index contributed by atoms with van der Waals surface area (Å²) in [7, 11) is 1.55. The van der Waals surface area contributed by atoms with E-state index in [1.807, 2.05) is 24.3 Å². The van der Waals surface area contributed by atoms with Gasteiger partial charge in [0.2, 0.25) is 5.91 Å². The molecule has 0 heterocycles. The number of nitriles is 1. The molecule has 0 saturated carbocycles. The number of hydrogen-bond acceptors (Lipinski definition) is 3. The highest BCUT2D eigenvalue weighted by atomic mass is 16.2. The van der Waals surface area contributed by atoms with E-state index in [1.165, 1.54) is 0 Å². The minimum Gasteiger partial charge on any atom is -0.359 e. The molecule has 5 nitrogen and oxygen atoms in total. The summed E-state index contributed by atoms with van der Waals surface area (Å²) in [5.74, 6) is -0.398. The zero-order valence-corrected chi connectivity index (χ0v) is 12.8. The molecule has 0 aliphatic heterocycles. The fraction of sp³-hybridized carbons (Fsp3) is 0.167. The normalized spacial score (nSPS) is 9.74. The van der Waals surface area contributed by atoms with E-state index in [0.717, 1.165) is 0 Å². The third kappa shape index (κ3) is 3.95. The van der Waals surface area contributed by atoms with Gasteiger partial charge in [0, 0.05) is 31.1 Å². The number of hydrogen-bond donors (Lipinski definition) is 2. The van der Waals surface area contributed by atoms with Crippen molar-refractivity contribution in [1.82, 2.24) is 10.6 Å². The van der Waals surface area contributed by atoms with Gasteiger partial charge in [0.05, 0.1) is 11.6 Å². The van der Waals surface area contributed by atoms with E-state index < -0.39 is 0 Å². The van der Waals surface area contributed by atoms with Gasteiger partial charge < -0.3 is 10.6 Å². The van der Waals surface area contributed by atoms with E-state index in [0.29, 0.717) is 22.3 Å². The first-order valence-electron chi connectivity index (χ1n) is 7.24. The smallest absolute Gasteiger partial charge is 0.251 e. The van der Waals surface area contributed by atoms with Gasteiger partial charge in [0.15, 0.2) is 0 Å². The molecule has 0 aliphatic carbocycles. The Bertz CT molecular complexity index is 763. The first-order valence-corrected chi connectivity index (χ1v) is 7.24. The van der Waals surface area contributed by atoms with E-state index in [9.17, 15) is 14.9 Å². The molecule has 23 heavy (non-hydrogen) atoms. The molecule has 0 aliphatic rings. The van der Waals surface area contributed by atoms with Crippen molar-refractivity contribution in [1.29, 1.82) is 5.26 Å². The van der Waals surface area contributed by atoms with Crippen molar-refractivity contribution >= 4 is 11.8 Å². The highest BCUT2D eigenvalue weighted by Gasteiger charge is 2.14. The summed E-state index contributed by atoms with van der Waals surface area (Å²) in [6.45, 7) is 0.257. The minimum atomic E-state index is -0.266. The lowest BCUT2D eigenvalue weighted by molar-refractivity contribution is -0.120. The molecule has 0 bridgehead atoms. The SMILES string of the molecule is CNC(=O)CCNC(=O)c1ccccc1-c1ccccc1C#N. The summed E-state index contributed by atoms with van der Waals surface area (Å²) in [5.41, 5.74) is 2.40. The average molecular weight is 307 g/mol. The summed E-state index contributed by atoms with van der Waals surface area (Å²) in [4.78, 5) is 23.6. The zero-order valence-electron chi connectivity index (χ0n) is 12.8. The highest BCUT2D eigenvalue weighted by molar-refractivity contribution is 6.01. The maximum Gasteiger partial charge on any atom is 0.251 e. The molecule has 0 radical (unpaired) electrons. The molecule has 5 heteroatoms. The first-order chi connectivity index (χ1) is 11.2. The Hall–Kier alpha value is -3.13. The third-order valence-corrected chi connectivity index (χ3v) is 3.43. The van der Waals surface area contributed by atoms with E-state index in [2.05, 4.69) is 16.7 Å². The highest BCUT2D eigenvalue weighted by Crippen LogP contribution is 2.26. The van der Waals surface area contributed by atoms with E-state index >= 15 is 0 Å². The Labute approximate surface area is 134 Å². The second kappa shape index (κ2) is 7.76. The van der Waals surface area contributed by atoms with Crippen LogP contribution < -0.4 is 10.6 Å². The van der Waals surface area contributed by atoms with Crippen molar-refractivity contribution in [3.8, 4) is 17.2 Å². The van der Waals surface area contributed by atoms with Gasteiger partial charge in [-0.25, -0.2) is 0 Å². The summed E-state index contributed by atoms with van der Waals surface area (Å²) < 4.78 is 0. The van der Waals surface area contributed by atoms with E-state index in [-0.39, 0.29) is 24.8 Å². The van der Waals surface area contributed by atoms with Gasteiger partial charge in [-0.15, -0.1) is 0 Å². The van der Waals surface area contributed by atoms with Gasteiger partial charge >= 0.3 is 0 Å². The van der Waals surface area contributed by atoms with Crippen LogP contribution in [-0.4, -0.2) is 25.4 Å². The van der Waals surface area contributed by atoms with Crippen molar-refractivity contribution in [2.75, 3.05) is 13.6 Å². The molecule has 2 rings (SSSR count). The summed E-state index contributed by atoms with van der Waals surface area (Å²) in [6, 6.07) is 16.4. The van der Waals surface area contributed by atoms with Crippen LogP contribution in [0.1, 0.15) is 22.3 Å². The lowest BCUT2D eigenvalue weighted by Crippen LogP contribution is -2.29. The summed E-state index contributed by atoms with van der Waals surface area (Å²) in [5, 5.41) is 14.5. The lowest BCUT2D eigenvalue weighted by atomic mass is 9.95. The van der Waals surface area contributed by atoms with Crippen molar-refractivity contribution in [3.05, 3.63) is 59.7 Å². The number of rotatable bonds is 5. The van der Waals surface area contributed by atoms with Crippen molar-refractivity contribution < 1.29 is 9.59 Å². The van der Waals surface area contributed by atoms with Crippen molar-refractivity contribution in [3.63, 3.8) is 0 Å². The molecule has 0 unspecified atom stereocenters. The molecule has 2 amide bonds. The molecule has 2 aromatic rings. The first kappa shape index (κ1) is 16.2. The number of nitrogens with zero attached hydrogens (tertiary/aromatic N) is 1. The number of amides is 2. The number of nitrogens with one attached hydrogen (secondary N) is 2. The van der Waals surface area contributed by atoms with Crippen LogP contribution in [0.15, 0.2) is 48.5 Å². The summed E-state index contributed by atoms with van der Waals surface area (Å²) in [6.07, 6.45) is 0.221. The second-order valence-electron chi connectivity index (χ2n) is 4.88. The third-order valence-electron chi connectivity index (χ3n) is 3.43. The van der Waals surface area contributed by atoms with Crippen molar-refractivity contribution in [2.45, 2.75) is 6.42 Å². The molecule has 0 fully saturated rings. The Morgan fingerprint density at radius 3 is 2.39 bits per heavy atom. The van der Waals surface area contributed by atoms with Crippen LogP contribution >= 0.6 is 0 Å². The fourth-order valence-electron chi connectivity index (χ4n) is 2.24. The van der Waals surface area contributed by atoms with Crippen LogP contribution in [0.5, 0.6) is 0 Å². The molecule has 2 N–H and O–H groups in total. The van der Waals surface area contributed by atoms with Crippen LogP contribution in [-0.2, 0) is 4.79 Å². The Morgan fingerprint density at radius 1 is 1.04 bits per heavy atom. The van der Waals surface area contributed by atoms with Crippen LogP contribution in [0.2, 0.25) is 0 Å². The van der Waals surface area contributed by atoms with Crippen LogP contribution in [0.25, 0.3) is 11.1 Å². The average Bonchev–Trinajstić information content (AvgIpc) is 2.61. The minimum absolute atomic E-state index is 0.131. The quantitative estimate of drug-likeness (QED) is 0.887. The van der Waals surface area contributed by atoms with Gasteiger partial charge in [-0.3, -0.25) is 9.59 Å². The number of carbonyl (C=O) groups is 2. The fourth-order valence-corrected chi connectivity index (χ4v) is 2.24. The molecule has 2 aromatic carbocycles. The molecule has 0 saturated heterocycles. The number of carbonyl (C=O) groups excluding carboxylic acids is 2. The monoisotopic (exact) mass is 307 g/mol. The van der Waals surface area contributed by atoms with Crippen LogP contribution in [0, 0.1) is 11.3 Å². The van der Waals surface area contributed by atoms with Crippen LogP contribution in [0.4, 0.5) is 0 Å². The molecule has 116 valence electrons. The van der Waals surface area contributed by atoms with Gasteiger partial charge in [-0.2, -0.15) is 5.26 Å². The maximum atomic E-state index is 12.4. The van der Waals surface area contributed by atoms with Gasteiger partial charge in [-0.05, 0) is 17.7 Å². The maximum absolute atomic E-state index is 12.4. The summed E-state index contributed by atoms with van der Waals surface area (Å²) >= 11 is 0.